The van der Waals surface area contributed by atoms with Gasteiger partial charge in [0, 0.05) is 6.54 Å². The number of carboxylic acid groups (broad SMARTS) is 1. The molecular weight excluding hydrogens is 278 g/mol. The first-order valence-electron chi connectivity index (χ1n) is 6.55. The monoisotopic (exact) mass is 301 g/mol. The molecule has 0 amide bonds. The van der Waals surface area contributed by atoms with Crippen molar-refractivity contribution < 1.29 is 14.6 Å². The molecule has 0 aliphatic rings. The van der Waals surface area contributed by atoms with Gasteiger partial charge >= 0.3 is 5.97 Å². The van der Waals surface area contributed by atoms with E-state index in [1.54, 1.807) is 6.92 Å². The van der Waals surface area contributed by atoms with Gasteiger partial charge in [-0.2, -0.15) is 0 Å². The van der Waals surface area contributed by atoms with Crippen LogP contribution in [0.1, 0.15) is 24.5 Å². The number of rotatable bonds is 7. The average molecular weight is 302 g/mol. The first-order valence-corrected chi connectivity index (χ1v) is 6.55. The molecule has 1 rings (SSSR count). The summed E-state index contributed by atoms with van der Waals surface area (Å²) in [5, 5.41) is 8.89. The predicted octanol–water partition coefficient (Wildman–Crippen LogP) is 2.90. The van der Waals surface area contributed by atoms with Crippen LogP contribution in [0, 0.1) is 13.8 Å². The van der Waals surface area contributed by atoms with Gasteiger partial charge in [0.05, 0.1) is 6.61 Å². The van der Waals surface area contributed by atoms with Crippen molar-refractivity contribution in [1.82, 2.24) is 4.90 Å². The van der Waals surface area contributed by atoms with E-state index in [0.29, 0.717) is 13.2 Å². The van der Waals surface area contributed by atoms with Gasteiger partial charge in [-0.25, -0.2) is 0 Å². The molecule has 0 aromatic heterocycles. The SMILES string of the molecule is Cc1cccc(C)c1OCCCN(C)C(C)C(=O)O.Cl. The van der Waals surface area contributed by atoms with Gasteiger partial charge in [-0.15, -0.1) is 12.4 Å². The largest absolute Gasteiger partial charge is 0.493 e. The van der Waals surface area contributed by atoms with Crippen LogP contribution in [-0.4, -0.2) is 42.2 Å². The summed E-state index contributed by atoms with van der Waals surface area (Å²) in [4.78, 5) is 12.6. The van der Waals surface area contributed by atoms with Crippen molar-refractivity contribution in [2.24, 2.45) is 0 Å². The third kappa shape index (κ3) is 5.39. The lowest BCUT2D eigenvalue weighted by molar-refractivity contribution is -0.142. The van der Waals surface area contributed by atoms with E-state index in [9.17, 15) is 4.79 Å². The molecule has 20 heavy (non-hydrogen) atoms. The second-order valence-electron chi connectivity index (χ2n) is 4.92. The van der Waals surface area contributed by atoms with Gasteiger partial charge in [-0.3, -0.25) is 9.69 Å². The van der Waals surface area contributed by atoms with E-state index < -0.39 is 12.0 Å². The van der Waals surface area contributed by atoms with E-state index in [0.717, 1.165) is 23.3 Å². The Balaban J connectivity index is 0.00000361. The molecule has 0 aliphatic carbocycles. The number of aliphatic carboxylic acids is 1. The fraction of sp³-hybridized carbons (Fsp3) is 0.533. The third-order valence-electron chi connectivity index (χ3n) is 3.33. The van der Waals surface area contributed by atoms with Crippen LogP contribution in [0.15, 0.2) is 18.2 Å². The minimum atomic E-state index is -0.793. The molecule has 114 valence electrons. The van der Waals surface area contributed by atoms with Gasteiger partial charge in [0.25, 0.3) is 0 Å². The second kappa shape index (κ2) is 8.82. The minimum Gasteiger partial charge on any atom is -0.493 e. The quantitative estimate of drug-likeness (QED) is 0.787. The van der Waals surface area contributed by atoms with Crippen molar-refractivity contribution in [3.8, 4) is 5.75 Å². The minimum absolute atomic E-state index is 0. The Kier molecular flexibility index (Phi) is 8.26. The molecule has 0 aliphatic heterocycles. The van der Waals surface area contributed by atoms with Gasteiger partial charge in [-0.05, 0) is 45.4 Å². The molecule has 0 saturated carbocycles. The molecule has 1 atom stereocenters. The van der Waals surface area contributed by atoms with E-state index in [-0.39, 0.29) is 12.4 Å². The van der Waals surface area contributed by atoms with Crippen LogP contribution >= 0.6 is 12.4 Å². The maximum atomic E-state index is 10.8. The Hall–Kier alpha value is -1.26. The topological polar surface area (TPSA) is 49.8 Å². The Morgan fingerprint density at radius 2 is 1.90 bits per heavy atom. The maximum absolute atomic E-state index is 10.8. The number of aryl methyl sites for hydroxylation is 2. The summed E-state index contributed by atoms with van der Waals surface area (Å²) < 4.78 is 5.78. The van der Waals surface area contributed by atoms with Gasteiger partial charge in [0.15, 0.2) is 0 Å². The molecule has 0 spiro atoms. The van der Waals surface area contributed by atoms with E-state index in [1.165, 1.54) is 0 Å². The molecule has 5 heteroatoms. The average Bonchev–Trinajstić information content (AvgIpc) is 2.36. The second-order valence-corrected chi connectivity index (χ2v) is 4.92. The molecule has 1 aromatic rings. The van der Waals surface area contributed by atoms with Gasteiger partial charge in [0.1, 0.15) is 11.8 Å². The van der Waals surface area contributed by atoms with Crippen LogP contribution in [0.2, 0.25) is 0 Å². The summed E-state index contributed by atoms with van der Waals surface area (Å²) in [6.07, 6.45) is 0.807. The van der Waals surface area contributed by atoms with E-state index in [4.69, 9.17) is 9.84 Å². The highest BCUT2D eigenvalue weighted by molar-refractivity contribution is 5.85. The predicted molar refractivity (Wildman–Crippen MR) is 83.0 cm³/mol. The summed E-state index contributed by atoms with van der Waals surface area (Å²) in [6.45, 7) is 7.05. The number of hydrogen-bond donors (Lipinski definition) is 1. The zero-order valence-electron chi connectivity index (χ0n) is 12.5. The van der Waals surface area contributed by atoms with Crippen molar-refractivity contribution in [2.75, 3.05) is 20.2 Å². The molecular formula is C15H24ClNO3. The highest BCUT2D eigenvalue weighted by Gasteiger charge is 2.15. The fourth-order valence-electron chi connectivity index (χ4n) is 1.90. The summed E-state index contributed by atoms with van der Waals surface area (Å²) in [7, 11) is 1.82. The molecule has 1 N–H and O–H groups in total. The van der Waals surface area contributed by atoms with Crippen LogP contribution in [0.25, 0.3) is 0 Å². The molecule has 4 nitrogen and oxygen atoms in total. The summed E-state index contributed by atoms with van der Waals surface area (Å²) in [5.74, 6) is 0.148. The number of nitrogens with zero attached hydrogens (tertiary/aromatic N) is 1. The molecule has 0 radical (unpaired) electrons. The molecule has 1 aromatic carbocycles. The van der Waals surface area contributed by atoms with Crippen LogP contribution in [-0.2, 0) is 4.79 Å². The molecule has 1 unspecified atom stereocenters. The van der Waals surface area contributed by atoms with Crippen LogP contribution in [0.4, 0.5) is 0 Å². The summed E-state index contributed by atoms with van der Waals surface area (Å²) in [5.41, 5.74) is 2.26. The molecule has 0 bridgehead atoms. The molecule has 0 fully saturated rings. The van der Waals surface area contributed by atoms with Crippen molar-refractivity contribution in [1.29, 1.82) is 0 Å². The Labute approximate surface area is 127 Å². The third-order valence-corrected chi connectivity index (χ3v) is 3.33. The smallest absolute Gasteiger partial charge is 0.320 e. The zero-order chi connectivity index (χ0) is 14.4. The van der Waals surface area contributed by atoms with Crippen molar-refractivity contribution in [3.05, 3.63) is 29.3 Å². The maximum Gasteiger partial charge on any atom is 0.320 e. The van der Waals surface area contributed by atoms with E-state index in [1.807, 2.05) is 44.0 Å². The lowest BCUT2D eigenvalue weighted by Crippen LogP contribution is -2.36. The first kappa shape index (κ1) is 18.7. The Morgan fingerprint density at radius 3 is 2.40 bits per heavy atom. The number of likely N-dealkylation sites (N-methyl/N-ethyl adjacent to an activating group) is 1. The number of para-hydroxylation sites is 1. The lowest BCUT2D eigenvalue weighted by Gasteiger charge is -2.21. The zero-order valence-corrected chi connectivity index (χ0v) is 13.4. The Morgan fingerprint density at radius 1 is 1.35 bits per heavy atom. The van der Waals surface area contributed by atoms with Crippen LogP contribution in [0.3, 0.4) is 0 Å². The van der Waals surface area contributed by atoms with Crippen molar-refractivity contribution >= 4 is 18.4 Å². The first-order chi connectivity index (χ1) is 8.93. The fourth-order valence-corrected chi connectivity index (χ4v) is 1.90. The van der Waals surface area contributed by atoms with Crippen molar-refractivity contribution in [3.63, 3.8) is 0 Å². The van der Waals surface area contributed by atoms with Crippen LogP contribution in [0.5, 0.6) is 5.75 Å². The van der Waals surface area contributed by atoms with Gasteiger partial charge in [0.2, 0.25) is 0 Å². The van der Waals surface area contributed by atoms with E-state index >= 15 is 0 Å². The Bertz CT molecular complexity index is 417. The van der Waals surface area contributed by atoms with E-state index in [2.05, 4.69) is 0 Å². The number of carbonyl (C=O) groups is 1. The number of carboxylic acids is 1. The number of hydrogen-bond acceptors (Lipinski definition) is 3. The standard InChI is InChI=1S/C15H23NO3.ClH/c1-11-7-5-8-12(2)14(11)19-10-6-9-16(4)13(3)15(17)18;/h5,7-8,13H,6,9-10H2,1-4H3,(H,17,18);1H. The molecule has 0 heterocycles. The highest BCUT2D eigenvalue weighted by Crippen LogP contribution is 2.22. The highest BCUT2D eigenvalue weighted by atomic mass is 35.5. The van der Waals surface area contributed by atoms with Gasteiger partial charge in [-0.1, -0.05) is 18.2 Å². The summed E-state index contributed by atoms with van der Waals surface area (Å²) >= 11 is 0. The number of halogens is 1. The van der Waals surface area contributed by atoms with Gasteiger partial charge < -0.3 is 9.84 Å². The normalized spacial score (nSPS) is 11.8. The summed E-state index contributed by atoms with van der Waals surface area (Å²) in [6, 6.07) is 5.61. The molecule has 0 saturated heterocycles. The lowest BCUT2D eigenvalue weighted by atomic mass is 10.1. The number of benzene rings is 1. The van der Waals surface area contributed by atoms with Crippen LogP contribution < -0.4 is 4.74 Å². The van der Waals surface area contributed by atoms with Crippen molar-refractivity contribution in [2.45, 2.75) is 33.2 Å². The number of ether oxygens (including phenoxy) is 1.